The van der Waals surface area contributed by atoms with Gasteiger partial charge in [0.1, 0.15) is 12.6 Å². The van der Waals surface area contributed by atoms with E-state index in [1.807, 2.05) is 6.92 Å². The number of nitrogens with one attached hydrogen (secondary N) is 1. The molecule has 0 aliphatic rings. The van der Waals surface area contributed by atoms with Gasteiger partial charge in [0.15, 0.2) is 0 Å². The highest BCUT2D eigenvalue weighted by atomic mass is 35.5. The number of anilines is 1. The molecule has 1 atom stereocenters. The predicted octanol–water partition coefficient (Wildman–Crippen LogP) is 7.58. The first-order valence-corrected chi connectivity index (χ1v) is 16.2. The highest BCUT2D eigenvalue weighted by Crippen LogP contribution is 2.37. The number of hydrogen-bond donors (Lipinski definition) is 1. The molecule has 0 aromatic heterocycles. The number of amides is 2. The summed E-state index contributed by atoms with van der Waals surface area (Å²) in [5.41, 5.74) is -1.42. The van der Waals surface area contributed by atoms with Crippen molar-refractivity contribution >= 4 is 62.3 Å². The largest absolute Gasteiger partial charge is 0.416 e. The van der Waals surface area contributed by atoms with Crippen molar-refractivity contribution in [1.82, 2.24) is 10.2 Å². The minimum atomic E-state index is -4.83. The van der Waals surface area contributed by atoms with Crippen LogP contribution in [0.4, 0.5) is 18.9 Å². The maximum atomic E-state index is 14.1. The van der Waals surface area contributed by atoms with Gasteiger partial charge in [-0.3, -0.25) is 13.9 Å². The Kier molecular flexibility index (Phi) is 12.4. The molecule has 0 fully saturated rings. The summed E-state index contributed by atoms with van der Waals surface area (Å²) in [6.07, 6.45) is -3.22. The van der Waals surface area contributed by atoms with Crippen LogP contribution >= 0.6 is 34.8 Å². The maximum absolute atomic E-state index is 14.1. The number of alkyl halides is 3. The molecule has 0 saturated heterocycles. The van der Waals surface area contributed by atoms with Gasteiger partial charge in [0.05, 0.1) is 21.2 Å². The average molecular weight is 693 g/mol. The number of sulfonamides is 1. The second-order valence-electron chi connectivity index (χ2n) is 9.78. The molecule has 2 amide bonds. The lowest BCUT2D eigenvalue weighted by Gasteiger charge is -2.34. The molecule has 3 aromatic rings. The fourth-order valence-electron chi connectivity index (χ4n) is 4.39. The van der Waals surface area contributed by atoms with Gasteiger partial charge in [0, 0.05) is 28.7 Å². The van der Waals surface area contributed by atoms with Crippen LogP contribution in [-0.2, 0) is 32.3 Å². The Morgan fingerprint density at radius 1 is 0.909 bits per heavy atom. The first-order valence-electron chi connectivity index (χ1n) is 13.7. The highest BCUT2D eigenvalue weighted by molar-refractivity contribution is 7.92. The van der Waals surface area contributed by atoms with Gasteiger partial charge in [-0.15, -0.1) is 0 Å². The lowest BCUT2D eigenvalue weighted by atomic mass is 10.1. The molecule has 3 aromatic carbocycles. The zero-order valence-corrected chi connectivity index (χ0v) is 27.0. The lowest BCUT2D eigenvalue weighted by Crippen LogP contribution is -2.52. The van der Waals surface area contributed by atoms with Crippen molar-refractivity contribution in [2.45, 2.75) is 56.8 Å². The Morgan fingerprint density at radius 3 is 2.11 bits per heavy atom. The van der Waals surface area contributed by atoms with E-state index in [0.29, 0.717) is 35.0 Å². The highest BCUT2D eigenvalue weighted by Gasteiger charge is 2.37. The number of halogens is 6. The van der Waals surface area contributed by atoms with E-state index in [1.54, 1.807) is 31.2 Å². The third-order valence-electron chi connectivity index (χ3n) is 6.76. The van der Waals surface area contributed by atoms with Crippen LogP contribution < -0.4 is 9.62 Å². The van der Waals surface area contributed by atoms with Crippen LogP contribution in [0.15, 0.2) is 71.6 Å². The van der Waals surface area contributed by atoms with Crippen LogP contribution in [0.25, 0.3) is 0 Å². The summed E-state index contributed by atoms with van der Waals surface area (Å²) in [7, 11) is -4.65. The number of carbonyl (C=O) groups excluding carboxylic acids is 2. The molecule has 238 valence electrons. The first kappa shape index (κ1) is 35.5. The molecule has 0 unspecified atom stereocenters. The van der Waals surface area contributed by atoms with Crippen molar-refractivity contribution in [1.29, 1.82) is 0 Å². The Balaban J connectivity index is 2.17. The standard InChI is InChI=1S/C30H31Cl3F3N3O4S/c1-3-5-16-37-29(41)26(4-2)38(18-22-23(31)12-9-13-24(22)32)28(40)19-39(44(42,43)21-10-7-6-8-11-21)27-17-20(30(34,35)36)14-15-25(27)33/h6-15,17,26H,3-5,16,18-19H2,1-2H3,(H,37,41)/t26-/m0/s1. The predicted molar refractivity (Wildman–Crippen MR) is 166 cm³/mol. The van der Waals surface area contributed by atoms with Crippen molar-refractivity contribution in [3.63, 3.8) is 0 Å². The molecule has 0 radical (unpaired) electrons. The summed E-state index contributed by atoms with van der Waals surface area (Å²) in [5.74, 6) is -1.39. The summed E-state index contributed by atoms with van der Waals surface area (Å²) in [6, 6.07) is 12.7. The van der Waals surface area contributed by atoms with E-state index in [2.05, 4.69) is 5.32 Å². The van der Waals surface area contributed by atoms with Gasteiger partial charge in [0.2, 0.25) is 11.8 Å². The molecular weight excluding hydrogens is 662 g/mol. The van der Waals surface area contributed by atoms with Crippen LogP contribution in [-0.4, -0.2) is 44.3 Å². The minimum absolute atomic E-state index is 0.127. The Bertz CT molecular complexity index is 1550. The van der Waals surface area contributed by atoms with E-state index >= 15 is 0 Å². The average Bonchev–Trinajstić information content (AvgIpc) is 2.97. The van der Waals surface area contributed by atoms with Crippen LogP contribution in [0, 0.1) is 0 Å². The molecule has 44 heavy (non-hydrogen) atoms. The number of benzene rings is 3. The van der Waals surface area contributed by atoms with Crippen LogP contribution in [0.2, 0.25) is 15.1 Å². The first-order chi connectivity index (χ1) is 20.7. The molecule has 0 aliphatic carbocycles. The SMILES string of the molecule is CCCCNC(=O)[C@H](CC)N(Cc1c(Cl)cccc1Cl)C(=O)CN(c1cc(C(F)(F)F)ccc1Cl)S(=O)(=O)c1ccccc1. The van der Waals surface area contributed by atoms with E-state index in [-0.39, 0.29) is 32.9 Å². The second-order valence-corrected chi connectivity index (χ2v) is 12.9. The normalized spacial score (nSPS) is 12.5. The van der Waals surface area contributed by atoms with Gasteiger partial charge in [0.25, 0.3) is 10.0 Å². The molecule has 14 heteroatoms. The fraction of sp³-hybridized carbons (Fsp3) is 0.333. The van der Waals surface area contributed by atoms with Crippen LogP contribution in [0.5, 0.6) is 0 Å². The van der Waals surface area contributed by atoms with E-state index < -0.39 is 51.9 Å². The molecule has 7 nitrogen and oxygen atoms in total. The zero-order valence-electron chi connectivity index (χ0n) is 23.9. The van der Waals surface area contributed by atoms with Gasteiger partial charge < -0.3 is 10.2 Å². The molecule has 3 rings (SSSR count). The van der Waals surface area contributed by atoms with Gasteiger partial charge in [-0.25, -0.2) is 8.42 Å². The molecular formula is C30H31Cl3F3N3O4S. The van der Waals surface area contributed by atoms with Gasteiger partial charge >= 0.3 is 6.18 Å². The molecule has 0 spiro atoms. The van der Waals surface area contributed by atoms with Crippen LogP contribution in [0.1, 0.15) is 44.2 Å². The number of unbranched alkanes of at least 4 members (excludes halogenated alkanes) is 1. The van der Waals surface area contributed by atoms with Crippen molar-refractivity contribution in [3.05, 3.63) is 92.9 Å². The molecule has 0 aliphatic heterocycles. The third-order valence-corrected chi connectivity index (χ3v) is 9.56. The van der Waals surface area contributed by atoms with Gasteiger partial charge in [-0.05, 0) is 55.3 Å². The zero-order chi connectivity index (χ0) is 32.7. The second kappa shape index (κ2) is 15.3. The molecule has 0 bridgehead atoms. The summed E-state index contributed by atoms with van der Waals surface area (Å²) in [5, 5.41) is 2.85. The summed E-state index contributed by atoms with van der Waals surface area (Å²) >= 11 is 19.1. The van der Waals surface area contributed by atoms with E-state index in [0.717, 1.165) is 17.4 Å². The summed E-state index contributed by atoms with van der Waals surface area (Å²) < 4.78 is 69.5. The van der Waals surface area contributed by atoms with Crippen molar-refractivity contribution in [2.75, 3.05) is 17.4 Å². The lowest BCUT2D eigenvalue weighted by molar-refractivity contribution is -0.140. The summed E-state index contributed by atoms with van der Waals surface area (Å²) in [6.45, 7) is 2.68. The number of rotatable bonds is 13. The van der Waals surface area contributed by atoms with Crippen molar-refractivity contribution in [2.24, 2.45) is 0 Å². The van der Waals surface area contributed by atoms with E-state index in [4.69, 9.17) is 34.8 Å². The fourth-order valence-corrected chi connectivity index (χ4v) is 6.63. The number of hydrogen-bond acceptors (Lipinski definition) is 4. The van der Waals surface area contributed by atoms with Crippen LogP contribution in [0.3, 0.4) is 0 Å². The maximum Gasteiger partial charge on any atom is 0.416 e. The minimum Gasteiger partial charge on any atom is -0.354 e. The Hall–Kier alpha value is -2.99. The van der Waals surface area contributed by atoms with Crippen molar-refractivity contribution < 1.29 is 31.2 Å². The van der Waals surface area contributed by atoms with E-state index in [9.17, 15) is 31.2 Å². The van der Waals surface area contributed by atoms with Crippen molar-refractivity contribution in [3.8, 4) is 0 Å². The van der Waals surface area contributed by atoms with Gasteiger partial charge in [-0.1, -0.05) is 79.3 Å². The monoisotopic (exact) mass is 691 g/mol. The summed E-state index contributed by atoms with van der Waals surface area (Å²) in [4.78, 5) is 28.3. The number of nitrogens with zero attached hydrogens (tertiary/aromatic N) is 2. The Morgan fingerprint density at radius 2 is 1.55 bits per heavy atom. The number of carbonyl (C=O) groups is 2. The quantitative estimate of drug-likeness (QED) is 0.187. The van der Waals surface area contributed by atoms with Gasteiger partial charge in [-0.2, -0.15) is 13.2 Å². The molecule has 0 saturated carbocycles. The topological polar surface area (TPSA) is 86.8 Å². The molecule has 1 N–H and O–H groups in total. The smallest absolute Gasteiger partial charge is 0.354 e. The third kappa shape index (κ3) is 8.59. The molecule has 0 heterocycles. The van der Waals surface area contributed by atoms with E-state index in [1.165, 1.54) is 24.3 Å². The Labute approximate surface area is 269 Å².